The van der Waals surface area contributed by atoms with E-state index >= 15 is 0 Å². The monoisotopic (exact) mass is 266 g/mol. The van der Waals surface area contributed by atoms with Crippen LogP contribution in [-0.2, 0) is 0 Å². The van der Waals surface area contributed by atoms with E-state index in [4.69, 9.17) is 5.11 Å². The number of aliphatic hydroxyl groups excluding tert-OH is 1. The highest BCUT2D eigenvalue weighted by Gasteiger charge is 2.25. The number of benzene rings is 1. The summed E-state index contributed by atoms with van der Waals surface area (Å²) in [5.74, 6) is -0.431. The summed E-state index contributed by atoms with van der Waals surface area (Å²) in [5.41, 5.74) is 0.632. The predicted octanol–water partition coefficient (Wildman–Crippen LogP) is 1.75. The van der Waals surface area contributed by atoms with E-state index in [1.54, 1.807) is 26.8 Å². The summed E-state index contributed by atoms with van der Waals surface area (Å²) in [4.78, 5) is 24.2. The van der Waals surface area contributed by atoms with Gasteiger partial charge in [0.15, 0.2) is 0 Å². The normalized spacial score (nSPS) is 10.6. The molecule has 0 fully saturated rings. The zero-order chi connectivity index (χ0) is 14.6. The molecule has 6 heteroatoms. The lowest BCUT2D eigenvalue weighted by molar-refractivity contribution is -0.385. The fraction of sp³-hybridized carbons (Fsp3) is 0.462. The number of aryl methyl sites for hydroxylation is 1. The van der Waals surface area contributed by atoms with Crippen molar-refractivity contribution in [1.29, 1.82) is 0 Å². The van der Waals surface area contributed by atoms with E-state index < -0.39 is 10.8 Å². The zero-order valence-corrected chi connectivity index (χ0v) is 11.3. The molecular formula is C13H18N2O4. The largest absolute Gasteiger partial charge is 0.395 e. The third kappa shape index (κ3) is 3.51. The predicted molar refractivity (Wildman–Crippen MR) is 71.1 cm³/mol. The summed E-state index contributed by atoms with van der Waals surface area (Å²) in [6, 6.07) is 4.30. The van der Waals surface area contributed by atoms with Crippen LogP contribution < -0.4 is 0 Å². The highest BCUT2D eigenvalue weighted by atomic mass is 16.6. The number of carbonyl (C=O) groups is 1. The number of carbonyl (C=O) groups excluding carboxylic acids is 1. The lowest BCUT2D eigenvalue weighted by atomic mass is 10.1. The molecule has 6 nitrogen and oxygen atoms in total. The first-order chi connectivity index (χ1) is 8.88. The Balaban J connectivity index is 3.23. The van der Waals surface area contributed by atoms with Crippen molar-refractivity contribution in [3.05, 3.63) is 39.4 Å². The number of hydrogen-bond acceptors (Lipinski definition) is 4. The van der Waals surface area contributed by atoms with Crippen LogP contribution >= 0.6 is 0 Å². The van der Waals surface area contributed by atoms with E-state index in [9.17, 15) is 14.9 Å². The Labute approximate surface area is 111 Å². The lowest BCUT2D eigenvalue weighted by Gasteiger charge is -2.25. The number of aliphatic hydroxyl groups is 1. The van der Waals surface area contributed by atoms with Gasteiger partial charge in [-0.15, -0.1) is 0 Å². The van der Waals surface area contributed by atoms with E-state index in [2.05, 4.69) is 0 Å². The Morgan fingerprint density at radius 1 is 1.47 bits per heavy atom. The topological polar surface area (TPSA) is 83.7 Å². The average Bonchev–Trinajstić information content (AvgIpc) is 2.34. The molecule has 0 aliphatic heterocycles. The zero-order valence-electron chi connectivity index (χ0n) is 11.3. The summed E-state index contributed by atoms with van der Waals surface area (Å²) in [6.45, 7) is 5.35. The molecule has 0 heterocycles. The molecule has 0 bridgehead atoms. The van der Waals surface area contributed by atoms with Crippen molar-refractivity contribution in [2.75, 3.05) is 13.2 Å². The maximum Gasteiger partial charge on any atom is 0.282 e. The van der Waals surface area contributed by atoms with E-state index in [1.807, 2.05) is 0 Å². The van der Waals surface area contributed by atoms with E-state index in [0.29, 0.717) is 0 Å². The average molecular weight is 266 g/mol. The van der Waals surface area contributed by atoms with Crippen LogP contribution in [0, 0.1) is 17.0 Å². The van der Waals surface area contributed by atoms with Crippen molar-refractivity contribution in [3.63, 3.8) is 0 Å². The van der Waals surface area contributed by atoms with E-state index in [0.717, 1.165) is 5.56 Å². The molecule has 0 aromatic heterocycles. The summed E-state index contributed by atoms with van der Waals surface area (Å²) in [6.07, 6.45) is 0. The van der Waals surface area contributed by atoms with Gasteiger partial charge in [0.25, 0.3) is 11.6 Å². The quantitative estimate of drug-likeness (QED) is 0.650. The number of amides is 1. The van der Waals surface area contributed by atoms with Crippen LogP contribution in [0.2, 0.25) is 0 Å². The smallest absolute Gasteiger partial charge is 0.282 e. The van der Waals surface area contributed by atoms with E-state index in [-0.39, 0.29) is 30.4 Å². The van der Waals surface area contributed by atoms with Crippen LogP contribution in [-0.4, -0.2) is 40.0 Å². The maximum atomic E-state index is 12.4. The van der Waals surface area contributed by atoms with Gasteiger partial charge in [-0.1, -0.05) is 6.07 Å². The number of nitro groups is 1. The van der Waals surface area contributed by atoms with Crippen molar-refractivity contribution in [2.45, 2.75) is 26.8 Å². The minimum atomic E-state index is -0.565. The molecule has 0 aliphatic carbocycles. The molecule has 0 saturated heterocycles. The minimum absolute atomic E-state index is 0.0622. The second-order valence-electron chi connectivity index (χ2n) is 4.59. The Hall–Kier alpha value is -1.95. The molecule has 1 rings (SSSR count). The fourth-order valence-electron chi connectivity index (χ4n) is 1.84. The third-order valence-corrected chi connectivity index (χ3v) is 2.80. The van der Waals surface area contributed by atoms with Gasteiger partial charge in [-0.3, -0.25) is 14.9 Å². The molecule has 0 saturated carbocycles. The van der Waals surface area contributed by atoms with Gasteiger partial charge in [-0.05, 0) is 32.4 Å². The SMILES string of the molecule is Cc1ccc([N+](=O)[O-])c(C(=O)N(CCO)C(C)C)c1. The minimum Gasteiger partial charge on any atom is -0.395 e. The molecule has 104 valence electrons. The van der Waals surface area contributed by atoms with Crippen LogP contribution in [0.25, 0.3) is 0 Å². The van der Waals surface area contributed by atoms with Gasteiger partial charge in [0.2, 0.25) is 0 Å². The number of rotatable bonds is 5. The molecule has 0 spiro atoms. The molecule has 1 N–H and O–H groups in total. The Morgan fingerprint density at radius 2 is 2.11 bits per heavy atom. The maximum absolute atomic E-state index is 12.4. The fourth-order valence-corrected chi connectivity index (χ4v) is 1.84. The standard InChI is InChI=1S/C13H18N2O4/c1-9(2)14(6-7-16)13(17)11-8-10(3)4-5-12(11)15(18)19/h4-5,8-9,16H,6-7H2,1-3H3. The second-order valence-corrected chi connectivity index (χ2v) is 4.59. The van der Waals surface area contributed by atoms with Gasteiger partial charge >= 0.3 is 0 Å². The highest BCUT2D eigenvalue weighted by molar-refractivity contribution is 5.98. The Morgan fingerprint density at radius 3 is 2.58 bits per heavy atom. The van der Waals surface area contributed by atoms with Crippen molar-refractivity contribution < 1.29 is 14.8 Å². The first kappa shape index (κ1) is 15.1. The molecule has 0 atom stereocenters. The first-order valence-electron chi connectivity index (χ1n) is 6.05. The highest BCUT2D eigenvalue weighted by Crippen LogP contribution is 2.22. The summed E-state index contributed by atoms with van der Waals surface area (Å²) in [5, 5.41) is 20.0. The molecule has 19 heavy (non-hydrogen) atoms. The van der Waals surface area contributed by atoms with Crippen LogP contribution in [0.3, 0.4) is 0 Å². The van der Waals surface area contributed by atoms with Crippen LogP contribution in [0.15, 0.2) is 18.2 Å². The molecule has 0 aliphatic rings. The molecule has 1 amide bonds. The summed E-state index contributed by atoms with van der Waals surface area (Å²) < 4.78 is 0. The van der Waals surface area contributed by atoms with Crippen LogP contribution in [0.1, 0.15) is 29.8 Å². The Bertz CT molecular complexity index is 486. The molecule has 0 radical (unpaired) electrons. The van der Waals surface area contributed by atoms with Crippen molar-refractivity contribution in [3.8, 4) is 0 Å². The van der Waals surface area contributed by atoms with Gasteiger partial charge in [-0.2, -0.15) is 0 Å². The first-order valence-corrected chi connectivity index (χ1v) is 6.05. The van der Waals surface area contributed by atoms with Gasteiger partial charge in [0, 0.05) is 18.7 Å². The second kappa shape index (κ2) is 6.29. The van der Waals surface area contributed by atoms with Gasteiger partial charge in [0.1, 0.15) is 5.56 Å². The molecule has 1 aromatic carbocycles. The lowest BCUT2D eigenvalue weighted by Crippen LogP contribution is -2.39. The van der Waals surface area contributed by atoms with Crippen molar-refractivity contribution in [1.82, 2.24) is 4.90 Å². The number of nitro benzene ring substituents is 1. The van der Waals surface area contributed by atoms with Gasteiger partial charge in [0.05, 0.1) is 11.5 Å². The van der Waals surface area contributed by atoms with Crippen LogP contribution in [0.5, 0.6) is 0 Å². The Kier molecular flexibility index (Phi) is 5.00. The summed E-state index contributed by atoms with van der Waals surface area (Å²) in [7, 11) is 0. The number of nitrogens with zero attached hydrogens (tertiary/aromatic N) is 2. The van der Waals surface area contributed by atoms with Gasteiger partial charge < -0.3 is 10.0 Å². The molecule has 0 unspecified atom stereocenters. The van der Waals surface area contributed by atoms with E-state index in [1.165, 1.54) is 17.0 Å². The third-order valence-electron chi connectivity index (χ3n) is 2.80. The summed E-state index contributed by atoms with van der Waals surface area (Å²) >= 11 is 0. The number of hydrogen-bond donors (Lipinski definition) is 1. The van der Waals surface area contributed by atoms with Crippen molar-refractivity contribution >= 4 is 11.6 Å². The van der Waals surface area contributed by atoms with Gasteiger partial charge in [-0.25, -0.2) is 0 Å². The molecular weight excluding hydrogens is 248 g/mol. The molecule has 1 aromatic rings. The van der Waals surface area contributed by atoms with Crippen molar-refractivity contribution in [2.24, 2.45) is 0 Å². The van der Waals surface area contributed by atoms with Crippen LogP contribution in [0.4, 0.5) is 5.69 Å².